The Morgan fingerprint density at radius 3 is 2.45 bits per heavy atom. The van der Waals surface area contributed by atoms with Crippen molar-refractivity contribution in [3.63, 3.8) is 0 Å². The molecular formula is C25H22ClF3N6O3. The number of nitrogens with two attached hydrogens (primary N) is 2. The standard InChI is InChI=1S/C25H22ClF3N6O3/c1-13-8-9-35(34-13)20-11-16(26)6-7-17(20)22(25(27,28)29)38-21-12-19(32-24(31)33-21)15-4-2-14(3-5-15)10-18(30)23(36)37/h2-9,11-12,18,22H,10,30H2,1H3,(H,36,37)(H2,31,32,33). The molecule has 2 aromatic carbocycles. The van der Waals surface area contributed by atoms with E-state index >= 15 is 0 Å². The van der Waals surface area contributed by atoms with E-state index < -0.39 is 30.2 Å². The van der Waals surface area contributed by atoms with Crippen LogP contribution in [0.2, 0.25) is 5.02 Å². The minimum Gasteiger partial charge on any atom is -0.480 e. The topological polar surface area (TPSA) is 142 Å². The first kappa shape index (κ1) is 26.9. The maximum atomic E-state index is 14.3. The van der Waals surface area contributed by atoms with Crippen LogP contribution < -0.4 is 16.2 Å². The molecule has 0 spiro atoms. The van der Waals surface area contributed by atoms with Gasteiger partial charge in [-0.15, -0.1) is 0 Å². The third-order valence-corrected chi connectivity index (χ3v) is 5.76. The van der Waals surface area contributed by atoms with Crippen LogP contribution in [0.25, 0.3) is 16.9 Å². The molecule has 38 heavy (non-hydrogen) atoms. The number of rotatable bonds is 8. The molecule has 0 aliphatic heterocycles. The van der Waals surface area contributed by atoms with Crippen LogP contribution >= 0.6 is 11.6 Å². The summed E-state index contributed by atoms with van der Waals surface area (Å²) < 4.78 is 49.6. The number of alkyl halides is 3. The molecule has 13 heteroatoms. The van der Waals surface area contributed by atoms with Crippen LogP contribution in [-0.4, -0.2) is 43.0 Å². The van der Waals surface area contributed by atoms with Gasteiger partial charge in [0.1, 0.15) is 6.04 Å². The van der Waals surface area contributed by atoms with Crippen LogP contribution in [0, 0.1) is 6.92 Å². The highest BCUT2D eigenvalue weighted by Gasteiger charge is 2.45. The van der Waals surface area contributed by atoms with Crippen molar-refractivity contribution in [3.8, 4) is 22.8 Å². The van der Waals surface area contributed by atoms with Crippen LogP contribution in [-0.2, 0) is 11.2 Å². The third-order valence-electron chi connectivity index (χ3n) is 5.52. The normalized spacial score (nSPS) is 13.2. The number of halogens is 4. The lowest BCUT2D eigenvalue weighted by atomic mass is 10.0. The Morgan fingerprint density at radius 2 is 1.84 bits per heavy atom. The molecule has 5 N–H and O–H groups in total. The zero-order chi connectivity index (χ0) is 27.6. The highest BCUT2D eigenvalue weighted by molar-refractivity contribution is 6.30. The van der Waals surface area contributed by atoms with Crippen molar-refractivity contribution in [1.82, 2.24) is 19.7 Å². The molecule has 4 rings (SSSR count). The smallest absolute Gasteiger partial charge is 0.429 e. The summed E-state index contributed by atoms with van der Waals surface area (Å²) in [6.07, 6.45) is -5.65. The van der Waals surface area contributed by atoms with Crippen molar-refractivity contribution in [2.24, 2.45) is 5.73 Å². The maximum absolute atomic E-state index is 14.3. The van der Waals surface area contributed by atoms with Gasteiger partial charge in [0.25, 0.3) is 0 Å². The zero-order valence-electron chi connectivity index (χ0n) is 19.9. The van der Waals surface area contributed by atoms with E-state index in [1.807, 2.05) is 0 Å². The van der Waals surface area contributed by atoms with Crippen LogP contribution in [0.15, 0.2) is 60.8 Å². The van der Waals surface area contributed by atoms with Crippen molar-refractivity contribution in [2.75, 3.05) is 5.73 Å². The van der Waals surface area contributed by atoms with Crippen LogP contribution in [0.1, 0.15) is 22.9 Å². The largest absolute Gasteiger partial charge is 0.480 e. The van der Waals surface area contributed by atoms with Crippen molar-refractivity contribution >= 4 is 23.5 Å². The van der Waals surface area contributed by atoms with Gasteiger partial charge in [-0.3, -0.25) is 4.79 Å². The summed E-state index contributed by atoms with van der Waals surface area (Å²) in [5, 5.41) is 13.4. The Bertz CT molecular complexity index is 1460. The minimum atomic E-state index is -4.84. The quantitative estimate of drug-likeness (QED) is 0.293. The molecule has 0 amide bonds. The molecule has 2 atom stereocenters. The van der Waals surface area contributed by atoms with E-state index in [0.29, 0.717) is 16.8 Å². The molecule has 2 aromatic heterocycles. The van der Waals surface area contributed by atoms with Gasteiger partial charge in [-0.2, -0.15) is 23.3 Å². The molecule has 0 aliphatic carbocycles. The van der Waals surface area contributed by atoms with Gasteiger partial charge in [-0.25, -0.2) is 9.67 Å². The van der Waals surface area contributed by atoms with E-state index in [-0.39, 0.29) is 34.3 Å². The lowest BCUT2D eigenvalue weighted by Gasteiger charge is -2.24. The monoisotopic (exact) mass is 546 g/mol. The number of carbonyl (C=O) groups is 1. The van der Waals surface area contributed by atoms with Crippen LogP contribution in [0.4, 0.5) is 19.1 Å². The molecular weight excluding hydrogens is 525 g/mol. The van der Waals surface area contributed by atoms with Crippen molar-refractivity contribution in [3.05, 3.63) is 82.6 Å². The van der Waals surface area contributed by atoms with Crippen LogP contribution in [0.3, 0.4) is 0 Å². The van der Waals surface area contributed by atoms with Gasteiger partial charge in [-0.1, -0.05) is 41.9 Å². The first-order valence-electron chi connectivity index (χ1n) is 11.2. The summed E-state index contributed by atoms with van der Waals surface area (Å²) >= 11 is 6.08. The average Bonchev–Trinajstić information content (AvgIpc) is 3.28. The molecule has 0 aliphatic rings. The van der Waals surface area contributed by atoms with E-state index in [9.17, 15) is 18.0 Å². The molecule has 4 aromatic rings. The lowest BCUT2D eigenvalue weighted by Crippen LogP contribution is -2.32. The van der Waals surface area contributed by atoms with Gasteiger partial charge < -0.3 is 21.3 Å². The number of benzene rings is 2. The fraction of sp³-hybridized carbons (Fsp3) is 0.200. The van der Waals surface area contributed by atoms with Gasteiger partial charge in [0.2, 0.25) is 17.9 Å². The summed E-state index contributed by atoms with van der Waals surface area (Å²) in [5.74, 6) is -1.83. The number of nitrogen functional groups attached to an aromatic ring is 1. The number of hydrogen-bond donors (Lipinski definition) is 3. The highest BCUT2D eigenvalue weighted by Crippen LogP contribution is 2.40. The summed E-state index contributed by atoms with van der Waals surface area (Å²) in [4.78, 5) is 18.9. The van der Waals surface area contributed by atoms with Gasteiger partial charge >= 0.3 is 12.1 Å². The molecule has 2 unspecified atom stereocenters. The SMILES string of the molecule is Cc1ccn(-c2cc(Cl)ccc2C(Oc2cc(-c3ccc(CC(N)C(=O)O)cc3)nc(N)n2)C(F)(F)F)n1. The maximum Gasteiger partial charge on any atom is 0.429 e. The van der Waals surface area contributed by atoms with Gasteiger partial charge in [0, 0.05) is 28.4 Å². The summed E-state index contributed by atoms with van der Waals surface area (Å²) in [5.41, 5.74) is 13.2. The van der Waals surface area contributed by atoms with Crippen molar-refractivity contribution in [2.45, 2.75) is 31.7 Å². The first-order chi connectivity index (χ1) is 17.9. The first-order valence-corrected chi connectivity index (χ1v) is 11.6. The summed E-state index contributed by atoms with van der Waals surface area (Å²) in [6.45, 7) is 1.71. The van der Waals surface area contributed by atoms with E-state index in [2.05, 4.69) is 15.1 Å². The Labute approximate surface area is 219 Å². The predicted octanol–water partition coefficient (Wildman–Crippen LogP) is 4.51. The molecule has 0 fully saturated rings. The van der Waals surface area contributed by atoms with Gasteiger partial charge in [0.05, 0.1) is 17.1 Å². The summed E-state index contributed by atoms with van der Waals surface area (Å²) in [7, 11) is 0. The number of carboxylic acids is 1. The van der Waals surface area contributed by atoms with E-state index in [1.165, 1.54) is 35.1 Å². The van der Waals surface area contributed by atoms with Crippen LogP contribution in [0.5, 0.6) is 5.88 Å². The molecule has 0 saturated heterocycles. The Hall–Kier alpha value is -4.16. The number of hydrogen-bond acceptors (Lipinski definition) is 7. The molecule has 0 bridgehead atoms. The number of ether oxygens (including phenoxy) is 1. The Kier molecular flexibility index (Phi) is 7.56. The highest BCUT2D eigenvalue weighted by atomic mass is 35.5. The molecule has 198 valence electrons. The molecule has 2 heterocycles. The van der Waals surface area contributed by atoms with Crippen molar-refractivity contribution in [1.29, 1.82) is 0 Å². The second-order valence-electron chi connectivity index (χ2n) is 8.44. The Morgan fingerprint density at radius 1 is 1.13 bits per heavy atom. The number of aromatic nitrogens is 4. The number of aryl methyl sites for hydroxylation is 1. The molecule has 0 radical (unpaired) electrons. The van der Waals surface area contributed by atoms with Gasteiger partial charge in [-0.05, 0) is 37.1 Å². The number of anilines is 1. The van der Waals surface area contributed by atoms with E-state index in [1.54, 1.807) is 37.3 Å². The second-order valence-corrected chi connectivity index (χ2v) is 8.88. The third kappa shape index (κ3) is 6.21. The zero-order valence-corrected chi connectivity index (χ0v) is 20.6. The lowest BCUT2D eigenvalue weighted by molar-refractivity contribution is -0.198. The molecule has 9 nitrogen and oxygen atoms in total. The summed E-state index contributed by atoms with van der Waals surface area (Å²) in [6, 6.07) is 12.2. The van der Waals surface area contributed by atoms with Gasteiger partial charge in [0.15, 0.2) is 0 Å². The van der Waals surface area contributed by atoms with E-state index in [0.717, 1.165) is 0 Å². The fourth-order valence-corrected chi connectivity index (χ4v) is 3.88. The molecule has 0 saturated carbocycles. The minimum absolute atomic E-state index is 0.0883. The number of aliphatic carboxylic acids is 1. The average molecular weight is 547 g/mol. The van der Waals surface area contributed by atoms with E-state index in [4.69, 9.17) is 32.9 Å². The second kappa shape index (κ2) is 10.7. The number of carboxylic acid groups (broad SMARTS) is 1. The predicted molar refractivity (Wildman–Crippen MR) is 134 cm³/mol. The van der Waals surface area contributed by atoms with Crippen molar-refractivity contribution < 1.29 is 27.8 Å². The Balaban J connectivity index is 1.68. The fourth-order valence-electron chi connectivity index (χ4n) is 3.72. The number of nitrogens with zero attached hydrogens (tertiary/aromatic N) is 4.